The number of carbonyl (C=O) groups excluding carboxylic acids is 1. The highest BCUT2D eigenvalue weighted by atomic mass is 35.5. The standard InChI is InChI=1S/C12H22N2O.ClH/c1-8(2)11(13)12(15)14-9-4-3-5-10(14)7-6-9;/h8-11H,3-7,13H2,1-2H3;1H. The molecule has 0 radical (unpaired) electrons. The summed E-state index contributed by atoms with van der Waals surface area (Å²) in [5.74, 6) is 0.441. The van der Waals surface area contributed by atoms with Crippen LogP contribution in [-0.2, 0) is 4.79 Å². The minimum Gasteiger partial charge on any atom is -0.335 e. The molecule has 2 rings (SSSR count). The summed E-state index contributed by atoms with van der Waals surface area (Å²) in [6.07, 6.45) is 6.05. The van der Waals surface area contributed by atoms with E-state index in [1.807, 2.05) is 13.8 Å². The van der Waals surface area contributed by atoms with Crippen molar-refractivity contribution in [2.24, 2.45) is 11.7 Å². The third kappa shape index (κ3) is 2.35. The van der Waals surface area contributed by atoms with E-state index in [0.717, 1.165) is 0 Å². The fraction of sp³-hybridized carbons (Fsp3) is 0.917. The van der Waals surface area contributed by atoms with Gasteiger partial charge in [0.25, 0.3) is 0 Å². The first-order valence-electron chi connectivity index (χ1n) is 6.19. The van der Waals surface area contributed by atoms with Gasteiger partial charge in [-0.15, -0.1) is 12.4 Å². The van der Waals surface area contributed by atoms with Gasteiger partial charge in [0, 0.05) is 12.1 Å². The molecule has 2 aliphatic rings. The number of halogens is 1. The summed E-state index contributed by atoms with van der Waals surface area (Å²) in [5, 5.41) is 0. The molecule has 0 aromatic heterocycles. The van der Waals surface area contributed by atoms with E-state index < -0.39 is 0 Å². The maximum atomic E-state index is 12.2. The van der Waals surface area contributed by atoms with E-state index in [1.165, 1.54) is 32.1 Å². The van der Waals surface area contributed by atoms with Crippen molar-refractivity contribution in [3.05, 3.63) is 0 Å². The molecule has 0 aromatic carbocycles. The Bertz CT molecular complexity index is 241. The summed E-state index contributed by atoms with van der Waals surface area (Å²) in [5.41, 5.74) is 5.95. The normalized spacial score (nSPS) is 30.1. The van der Waals surface area contributed by atoms with Gasteiger partial charge in [-0.2, -0.15) is 0 Å². The minimum atomic E-state index is -0.300. The van der Waals surface area contributed by atoms with Gasteiger partial charge < -0.3 is 10.6 Å². The van der Waals surface area contributed by atoms with Crippen molar-refractivity contribution in [1.29, 1.82) is 0 Å². The third-order valence-corrected chi connectivity index (χ3v) is 3.95. The lowest BCUT2D eigenvalue weighted by Gasteiger charge is -2.37. The number of piperidine rings is 1. The average molecular weight is 247 g/mol. The number of hydrogen-bond donors (Lipinski definition) is 1. The fourth-order valence-corrected chi connectivity index (χ4v) is 2.93. The van der Waals surface area contributed by atoms with Gasteiger partial charge in [0.1, 0.15) is 0 Å². The molecule has 0 spiro atoms. The predicted octanol–water partition coefficient (Wildman–Crippen LogP) is 1.93. The molecule has 3 nitrogen and oxygen atoms in total. The smallest absolute Gasteiger partial charge is 0.240 e. The van der Waals surface area contributed by atoms with E-state index in [1.54, 1.807) is 0 Å². The molecule has 1 amide bonds. The number of hydrogen-bond acceptors (Lipinski definition) is 2. The van der Waals surface area contributed by atoms with E-state index in [0.29, 0.717) is 12.1 Å². The van der Waals surface area contributed by atoms with Gasteiger partial charge in [0.05, 0.1) is 6.04 Å². The maximum Gasteiger partial charge on any atom is 0.240 e. The number of amides is 1. The van der Waals surface area contributed by atoms with Gasteiger partial charge in [-0.3, -0.25) is 4.79 Å². The third-order valence-electron chi connectivity index (χ3n) is 3.95. The topological polar surface area (TPSA) is 46.3 Å². The largest absolute Gasteiger partial charge is 0.335 e. The number of carbonyl (C=O) groups is 1. The Hall–Kier alpha value is -0.280. The molecule has 2 saturated heterocycles. The van der Waals surface area contributed by atoms with Gasteiger partial charge in [-0.1, -0.05) is 13.8 Å². The van der Waals surface area contributed by atoms with Crippen LogP contribution < -0.4 is 5.73 Å². The minimum absolute atomic E-state index is 0. The Labute approximate surface area is 104 Å². The highest BCUT2D eigenvalue weighted by Gasteiger charge is 2.41. The summed E-state index contributed by atoms with van der Waals surface area (Å²) in [4.78, 5) is 14.3. The Morgan fingerprint density at radius 3 is 2.12 bits per heavy atom. The van der Waals surface area contributed by atoms with Crippen LogP contribution in [0.3, 0.4) is 0 Å². The molecule has 2 bridgehead atoms. The molecule has 3 unspecified atom stereocenters. The van der Waals surface area contributed by atoms with Crippen LogP contribution in [0, 0.1) is 5.92 Å². The molecular weight excluding hydrogens is 224 g/mol. The second-order valence-electron chi connectivity index (χ2n) is 5.33. The highest BCUT2D eigenvalue weighted by molar-refractivity contribution is 5.85. The fourth-order valence-electron chi connectivity index (χ4n) is 2.93. The molecule has 94 valence electrons. The number of nitrogens with zero attached hydrogens (tertiary/aromatic N) is 1. The van der Waals surface area contributed by atoms with Gasteiger partial charge in [0.2, 0.25) is 5.91 Å². The number of fused-ring (bicyclic) bond motifs is 2. The predicted molar refractivity (Wildman–Crippen MR) is 67.6 cm³/mol. The van der Waals surface area contributed by atoms with Crippen LogP contribution in [0.4, 0.5) is 0 Å². The zero-order valence-electron chi connectivity index (χ0n) is 10.2. The van der Waals surface area contributed by atoms with Crippen molar-refractivity contribution >= 4 is 18.3 Å². The van der Waals surface area contributed by atoms with Crippen molar-refractivity contribution in [2.45, 2.75) is 64.1 Å². The second kappa shape index (κ2) is 5.37. The summed E-state index contributed by atoms with van der Waals surface area (Å²) in [6, 6.07) is 0.702. The van der Waals surface area contributed by atoms with Crippen LogP contribution in [0.15, 0.2) is 0 Å². The Balaban J connectivity index is 0.00000128. The molecule has 2 N–H and O–H groups in total. The number of nitrogens with two attached hydrogens (primary N) is 1. The number of rotatable bonds is 2. The molecule has 4 heteroatoms. The summed E-state index contributed by atoms with van der Waals surface area (Å²) in [7, 11) is 0. The van der Waals surface area contributed by atoms with Crippen LogP contribution in [0.1, 0.15) is 46.0 Å². The molecule has 0 saturated carbocycles. The van der Waals surface area contributed by atoms with Crippen molar-refractivity contribution in [1.82, 2.24) is 4.90 Å². The molecule has 16 heavy (non-hydrogen) atoms. The first kappa shape index (κ1) is 13.8. The second-order valence-corrected chi connectivity index (χ2v) is 5.33. The van der Waals surface area contributed by atoms with Crippen LogP contribution in [-0.4, -0.2) is 28.9 Å². The maximum absolute atomic E-state index is 12.2. The first-order valence-corrected chi connectivity index (χ1v) is 6.19. The van der Waals surface area contributed by atoms with Crippen molar-refractivity contribution in [3.8, 4) is 0 Å². The zero-order chi connectivity index (χ0) is 11.0. The highest BCUT2D eigenvalue weighted by Crippen LogP contribution is 2.36. The van der Waals surface area contributed by atoms with Gasteiger partial charge in [0.15, 0.2) is 0 Å². The summed E-state index contributed by atoms with van der Waals surface area (Å²) >= 11 is 0. The van der Waals surface area contributed by atoms with E-state index in [-0.39, 0.29) is 30.3 Å². The lowest BCUT2D eigenvalue weighted by Crippen LogP contribution is -2.52. The van der Waals surface area contributed by atoms with Crippen molar-refractivity contribution in [3.63, 3.8) is 0 Å². The molecule has 2 aliphatic heterocycles. The lowest BCUT2D eigenvalue weighted by molar-refractivity contribution is -0.137. The molecule has 2 fully saturated rings. The van der Waals surface area contributed by atoms with Crippen LogP contribution >= 0.6 is 12.4 Å². The molecule has 0 aliphatic carbocycles. The monoisotopic (exact) mass is 246 g/mol. The van der Waals surface area contributed by atoms with E-state index in [4.69, 9.17) is 5.73 Å². The Morgan fingerprint density at radius 1 is 1.19 bits per heavy atom. The molecular formula is C12H23ClN2O. The first-order chi connectivity index (χ1) is 7.11. The molecule has 0 aromatic rings. The molecule has 3 atom stereocenters. The quantitative estimate of drug-likeness (QED) is 0.810. The van der Waals surface area contributed by atoms with Crippen molar-refractivity contribution in [2.75, 3.05) is 0 Å². The Kier molecular flexibility index (Phi) is 4.62. The zero-order valence-corrected chi connectivity index (χ0v) is 11.0. The molecule has 2 heterocycles. The summed E-state index contributed by atoms with van der Waals surface area (Å²) < 4.78 is 0. The van der Waals surface area contributed by atoms with Gasteiger partial charge in [-0.25, -0.2) is 0 Å². The van der Waals surface area contributed by atoms with E-state index >= 15 is 0 Å². The van der Waals surface area contributed by atoms with Gasteiger partial charge >= 0.3 is 0 Å². The van der Waals surface area contributed by atoms with E-state index in [2.05, 4.69) is 4.90 Å². The van der Waals surface area contributed by atoms with E-state index in [9.17, 15) is 4.79 Å². The SMILES string of the molecule is CC(C)C(N)C(=O)N1C2CCCC1CC2.Cl. The Morgan fingerprint density at radius 2 is 1.69 bits per heavy atom. The van der Waals surface area contributed by atoms with Crippen molar-refractivity contribution < 1.29 is 4.79 Å². The van der Waals surface area contributed by atoms with Crippen LogP contribution in [0.25, 0.3) is 0 Å². The average Bonchev–Trinajstić information content (AvgIpc) is 2.46. The summed E-state index contributed by atoms with van der Waals surface area (Å²) in [6.45, 7) is 4.04. The van der Waals surface area contributed by atoms with Crippen LogP contribution in [0.5, 0.6) is 0 Å². The van der Waals surface area contributed by atoms with Crippen LogP contribution in [0.2, 0.25) is 0 Å². The van der Waals surface area contributed by atoms with Gasteiger partial charge in [-0.05, 0) is 38.0 Å². The lowest BCUT2D eigenvalue weighted by atomic mass is 9.98.